The summed E-state index contributed by atoms with van der Waals surface area (Å²) in [4.78, 5) is 0. The van der Waals surface area contributed by atoms with E-state index in [0.717, 1.165) is 23.0 Å². The van der Waals surface area contributed by atoms with Crippen LogP contribution in [0.3, 0.4) is 0 Å². The van der Waals surface area contributed by atoms with Gasteiger partial charge >= 0.3 is 0 Å². The lowest BCUT2D eigenvalue weighted by atomic mass is 10.2. The van der Waals surface area contributed by atoms with Crippen LogP contribution in [0.1, 0.15) is 12.5 Å². The molecule has 0 spiro atoms. The molecule has 1 N–H and O–H groups in total. The van der Waals surface area contributed by atoms with E-state index in [2.05, 4.69) is 17.1 Å². The molecular weight excluding hydrogens is 334 g/mol. The second kappa shape index (κ2) is 8.69. The number of rotatable bonds is 8. The highest BCUT2D eigenvalue weighted by Crippen LogP contribution is 2.20. The Labute approximate surface area is 151 Å². The molecule has 0 aliphatic carbocycles. The van der Waals surface area contributed by atoms with Crippen LogP contribution in [0.25, 0.3) is 5.69 Å². The number of aliphatic hydroxyl groups is 1. The van der Waals surface area contributed by atoms with Gasteiger partial charge in [0.25, 0.3) is 0 Å². The zero-order valence-corrected chi connectivity index (χ0v) is 14.9. The smallest absolute Gasteiger partial charge is 0.195 e. The van der Waals surface area contributed by atoms with E-state index in [-0.39, 0.29) is 6.61 Å². The minimum Gasteiger partial charge on any atom is -0.491 e. The van der Waals surface area contributed by atoms with Crippen molar-refractivity contribution in [1.82, 2.24) is 14.8 Å². The van der Waals surface area contributed by atoms with Gasteiger partial charge in [0.1, 0.15) is 18.7 Å². The highest BCUT2D eigenvalue weighted by atomic mass is 32.2. The SMILES string of the molecule is CCc1ccc(OC[C@H](O)CSc2nncn2-c2ccccc2)cc1. The van der Waals surface area contributed by atoms with Crippen LogP contribution in [-0.2, 0) is 6.42 Å². The molecule has 3 rings (SSSR count). The van der Waals surface area contributed by atoms with Gasteiger partial charge in [-0.2, -0.15) is 0 Å². The predicted molar refractivity (Wildman–Crippen MR) is 99.4 cm³/mol. The Hall–Kier alpha value is -2.31. The molecule has 0 aliphatic rings. The molecule has 0 bridgehead atoms. The monoisotopic (exact) mass is 355 g/mol. The number of para-hydroxylation sites is 1. The van der Waals surface area contributed by atoms with E-state index in [4.69, 9.17) is 4.74 Å². The van der Waals surface area contributed by atoms with Gasteiger partial charge in [0.15, 0.2) is 5.16 Å². The first-order valence-electron chi connectivity index (χ1n) is 8.24. The Kier molecular flexibility index (Phi) is 6.09. The zero-order chi connectivity index (χ0) is 17.5. The molecule has 0 aliphatic heterocycles. The largest absolute Gasteiger partial charge is 0.491 e. The second-order valence-corrected chi connectivity index (χ2v) is 6.58. The molecular formula is C19H21N3O2S. The van der Waals surface area contributed by atoms with Crippen molar-refractivity contribution in [1.29, 1.82) is 0 Å². The summed E-state index contributed by atoms with van der Waals surface area (Å²) in [5.74, 6) is 1.26. The van der Waals surface area contributed by atoms with Crippen LogP contribution in [0.15, 0.2) is 66.1 Å². The number of aromatic nitrogens is 3. The average molecular weight is 355 g/mol. The fraction of sp³-hybridized carbons (Fsp3) is 0.263. The molecule has 25 heavy (non-hydrogen) atoms. The summed E-state index contributed by atoms with van der Waals surface area (Å²) in [5, 5.41) is 19.0. The molecule has 5 nitrogen and oxygen atoms in total. The molecule has 1 atom stereocenters. The number of aliphatic hydroxyl groups excluding tert-OH is 1. The van der Waals surface area contributed by atoms with E-state index in [1.54, 1.807) is 6.33 Å². The topological polar surface area (TPSA) is 60.2 Å². The van der Waals surface area contributed by atoms with Gasteiger partial charge in [-0.1, -0.05) is 49.0 Å². The number of hydrogen-bond acceptors (Lipinski definition) is 5. The third kappa shape index (κ3) is 4.84. The summed E-state index contributed by atoms with van der Waals surface area (Å²) >= 11 is 1.46. The van der Waals surface area contributed by atoms with Crippen molar-refractivity contribution in [3.63, 3.8) is 0 Å². The third-order valence-electron chi connectivity index (χ3n) is 3.73. The lowest BCUT2D eigenvalue weighted by molar-refractivity contribution is 0.126. The van der Waals surface area contributed by atoms with Gasteiger partial charge in [0, 0.05) is 11.4 Å². The van der Waals surface area contributed by atoms with E-state index >= 15 is 0 Å². The Morgan fingerprint density at radius 1 is 1.12 bits per heavy atom. The van der Waals surface area contributed by atoms with Gasteiger partial charge < -0.3 is 9.84 Å². The lowest BCUT2D eigenvalue weighted by Crippen LogP contribution is -2.20. The molecule has 0 amide bonds. The Morgan fingerprint density at radius 3 is 2.60 bits per heavy atom. The molecule has 3 aromatic rings. The summed E-state index contributed by atoms with van der Waals surface area (Å²) in [6.45, 7) is 2.36. The summed E-state index contributed by atoms with van der Waals surface area (Å²) < 4.78 is 7.55. The number of nitrogens with zero attached hydrogens (tertiary/aromatic N) is 3. The maximum Gasteiger partial charge on any atom is 0.195 e. The lowest BCUT2D eigenvalue weighted by Gasteiger charge is -2.12. The van der Waals surface area contributed by atoms with Gasteiger partial charge in [0.2, 0.25) is 0 Å². The Bertz CT molecular complexity index is 775. The van der Waals surface area contributed by atoms with E-state index in [9.17, 15) is 5.11 Å². The van der Waals surface area contributed by atoms with Gasteiger partial charge in [-0.3, -0.25) is 4.57 Å². The van der Waals surface area contributed by atoms with Crippen LogP contribution in [0.2, 0.25) is 0 Å². The molecule has 0 saturated heterocycles. The number of aryl methyl sites for hydroxylation is 1. The summed E-state index contributed by atoms with van der Waals surface area (Å²) in [6.07, 6.45) is 2.09. The summed E-state index contributed by atoms with van der Waals surface area (Å²) in [6, 6.07) is 17.8. The number of hydrogen-bond donors (Lipinski definition) is 1. The molecule has 1 heterocycles. The van der Waals surface area contributed by atoms with E-state index in [0.29, 0.717) is 5.75 Å². The number of thioether (sulfide) groups is 1. The van der Waals surface area contributed by atoms with Crippen molar-refractivity contribution in [3.05, 3.63) is 66.5 Å². The molecule has 0 unspecified atom stereocenters. The van der Waals surface area contributed by atoms with E-state index in [1.165, 1.54) is 17.3 Å². The van der Waals surface area contributed by atoms with Crippen molar-refractivity contribution in [3.8, 4) is 11.4 Å². The highest BCUT2D eigenvalue weighted by molar-refractivity contribution is 7.99. The average Bonchev–Trinajstić information content (AvgIpc) is 3.14. The first-order valence-corrected chi connectivity index (χ1v) is 9.23. The maximum absolute atomic E-state index is 10.2. The van der Waals surface area contributed by atoms with Crippen molar-refractivity contribution in [2.24, 2.45) is 0 Å². The van der Waals surface area contributed by atoms with E-state index < -0.39 is 6.10 Å². The second-order valence-electron chi connectivity index (χ2n) is 5.59. The minimum absolute atomic E-state index is 0.248. The first-order chi connectivity index (χ1) is 12.3. The van der Waals surface area contributed by atoms with Crippen LogP contribution >= 0.6 is 11.8 Å². The van der Waals surface area contributed by atoms with Gasteiger partial charge in [-0.15, -0.1) is 10.2 Å². The van der Waals surface area contributed by atoms with Gasteiger partial charge in [0.05, 0.1) is 6.10 Å². The molecule has 1 aromatic heterocycles. The predicted octanol–water partition coefficient (Wildman–Crippen LogP) is 3.36. The number of benzene rings is 2. The van der Waals surface area contributed by atoms with Gasteiger partial charge in [-0.05, 0) is 36.2 Å². The van der Waals surface area contributed by atoms with Crippen LogP contribution < -0.4 is 4.74 Å². The molecule has 0 radical (unpaired) electrons. The van der Waals surface area contributed by atoms with E-state index in [1.807, 2.05) is 59.2 Å². The molecule has 130 valence electrons. The minimum atomic E-state index is -0.586. The normalized spacial score (nSPS) is 12.1. The maximum atomic E-state index is 10.2. The zero-order valence-electron chi connectivity index (χ0n) is 14.1. The Morgan fingerprint density at radius 2 is 1.88 bits per heavy atom. The highest BCUT2D eigenvalue weighted by Gasteiger charge is 2.11. The van der Waals surface area contributed by atoms with Gasteiger partial charge in [-0.25, -0.2) is 0 Å². The van der Waals surface area contributed by atoms with Crippen LogP contribution in [0.5, 0.6) is 5.75 Å². The standard InChI is InChI=1S/C19H21N3O2S/c1-2-15-8-10-18(11-9-15)24-12-17(23)13-25-19-21-20-14-22(19)16-6-4-3-5-7-16/h3-11,14,17,23H,2,12-13H2,1H3/t17-/m0/s1. The molecule has 0 fully saturated rings. The summed E-state index contributed by atoms with van der Waals surface area (Å²) in [5.41, 5.74) is 2.26. The fourth-order valence-electron chi connectivity index (χ4n) is 2.32. The third-order valence-corrected chi connectivity index (χ3v) is 4.82. The Balaban J connectivity index is 1.51. The van der Waals surface area contributed by atoms with Crippen molar-refractivity contribution >= 4 is 11.8 Å². The van der Waals surface area contributed by atoms with Crippen molar-refractivity contribution in [2.45, 2.75) is 24.6 Å². The molecule has 0 saturated carbocycles. The van der Waals surface area contributed by atoms with Crippen molar-refractivity contribution in [2.75, 3.05) is 12.4 Å². The molecule has 2 aromatic carbocycles. The summed E-state index contributed by atoms with van der Waals surface area (Å²) in [7, 11) is 0. The number of ether oxygens (including phenoxy) is 1. The van der Waals surface area contributed by atoms with Crippen LogP contribution in [0.4, 0.5) is 0 Å². The van der Waals surface area contributed by atoms with Crippen LogP contribution in [-0.4, -0.2) is 38.3 Å². The fourth-order valence-corrected chi connectivity index (χ4v) is 3.16. The van der Waals surface area contributed by atoms with Crippen molar-refractivity contribution < 1.29 is 9.84 Å². The quantitative estimate of drug-likeness (QED) is 0.628. The first kappa shape index (κ1) is 17.5. The molecule has 6 heteroatoms. The van der Waals surface area contributed by atoms with Crippen LogP contribution in [0, 0.1) is 0 Å².